The highest BCUT2D eigenvalue weighted by Gasteiger charge is 2.31. The number of benzene rings is 3. The van der Waals surface area contributed by atoms with Gasteiger partial charge in [-0.1, -0.05) is 30.3 Å². The predicted octanol–water partition coefficient (Wildman–Crippen LogP) is 4.75. The quantitative estimate of drug-likeness (QED) is 0.246. The Labute approximate surface area is 224 Å². The normalized spacial score (nSPS) is 11.0. The number of anilines is 2. The molecule has 0 spiro atoms. The van der Waals surface area contributed by atoms with Crippen LogP contribution in [-0.2, 0) is 6.54 Å². The van der Waals surface area contributed by atoms with Gasteiger partial charge >= 0.3 is 12.5 Å². The van der Waals surface area contributed by atoms with Crippen LogP contribution in [0.5, 0.6) is 5.75 Å². The monoisotopic (exact) mass is 554 g/mol. The van der Waals surface area contributed by atoms with Gasteiger partial charge in [-0.15, -0.1) is 18.3 Å². The lowest BCUT2D eigenvalue weighted by atomic mass is 10.1. The molecule has 4 rings (SSSR count). The smallest absolute Gasteiger partial charge is 0.465 e. The zero-order chi connectivity index (χ0) is 28.9. The fourth-order valence-corrected chi connectivity index (χ4v) is 3.54. The summed E-state index contributed by atoms with van der Waals surface area (Å²) in [5.41, 5.74) is 2.11. The van der Waals surface area contributed by atoms with E-state index in [0.717, 1.165) is 16.8 Å². The summed E-state index contributed by atoms with van der Waals surface area (Å²) in [4.78, 5) is 40.6. The molecule has 1 heterocycles. The van der Waals surface area contributed by atoms with Gasteiger partial charge in [-0.25, -0.2) is 4.79 Å². The van der Waals surface area contributed by atoms with Gasteiger partial charge < -0.3 is 15.2 Å². The van der Waals surface area contributed by atoms with Crippen molar-refractivity contribution in [3.05, 3.63) is 95.1 Å². The van der Waals surface area contributed by atoms with Gasteiger partial charge in [0.05, 0.1) is 5.69 Å². The number of amides is 3. The van der Waals surface area contributed by atoms with Crippen LogP contribution in [0.2, 0.25) is 0 Å². The van der Waals surface area contributed by atoms with E-state index in [4.69, 9.17) is 5.11 Å². The summed E-state index contributed by atoms with van der Waals surface area (Å²) in [7, 11) is 0. The molecule has 0 saturated heterocycles. The topological polar surface area (TPSA) is 147 Å². The molecule has 40 heavy (non-hydrogen) atoms. The number of hydrogen-bond acceptors (Lipinski definition) is 6. The van der Waals surface area contributed by atoms with Gasteiger partial charge in [-0.3, -0.25) is 20.2 Å². The lowest BCUT2D eigenvalue weighted by Gasteiger charge is -2.11. The van der Waals surface area contributed by atoms with Crippen LogP contribution in [0.1, 0.15) is 31.8 Å². The van der Waals surface area contributed by atoms with Gasteiger partial charge in [0.1, 0.15) is 5.75 Å². The highest BCUT2D eigenvalue weighted by Crippen LogP contribution is 2.25. The van der Waals surface area contributed by atoms with Gasteiger partial charge in [-0.05, 0) is 60.5 Å². The minimum absolute atomic E-state index is 0.0555. The Morgan fingerprint density at radius 3 is 2.23 bits per heavy atom. The first-order valence-electron chi connectivity index (χ1n) is 11.6. The maximum absolute atomic E-state index is 12.9. The summed E-state index contributed by atoms with van der Waals surface area (Å²) in [5.74, 6) is -1.88. The molecule has 0 radical (unpaired) electrons. The standard InChI is InChI=1S/C26H21F3N6O5/c1-15-4-2-3-5-20(15)22(37)32-24-33-23(31-21(36)17-8-6-16(7-9-17)14-30-25(38)39)34-35(24)18-10-12-19(13-11-18)40-26(27,28)29/h2-13,30H,14H2,1H3,(H,38,39)(H2,31,32,33,34,36,37). The number of carbonyl (C=O) groups excluding carboxylic acids is 2. The van der Waals surface area contributed by atoms with Gasteiger partial charge in [0.25, 0.3) is 17.8 Å². The third-order valence-corrected chi connectivity index (χ3v) is 5.42. The SMILES string of the molecule is Cc1ccccc1C(=O)Nc1nc(NC(=O)c2ccc(CNC(=O)O)cc2)nn1-c1ccc(OC(F)(F)F)cc1. The fraction of sp³-hybridized carbons (Fsp3) is 0.115. The Hall–Kier alpha value is -5.40. The van der Waals surface area contributed by atoms with Gasteiger partial charge in [0.15, 0.2) is 0 Å². The van der Waals surface area contributed by atoms with E-state index in [1.54, 1.807) is 43.3 Å². The molecule has 3 amide bonds. The molecule has 0 aliphatic carbocycles. The molecule has 0 unspecified atom stereocenters. The number of ether oxygens (including phenoxy) is 1. The van der Waals surface area contributed by atoms with Gasteiger partial charge in [0.2, 0.25) is 5.95 Å². The molecule has 206 valence electrons. The molecule has 0 atom stereocenters. The van der Waals surface area contributed by atoms with Crippen molar-refractivity contribution in [1.29, 1.82) is 0 Å². The van der Waals surface area contributed by atoms with E-state index in [-0.39, 0.29) is 29.7 Å². The van der Waals surface area contributed by atoms with Crippen molar-refractivity contribution in [2.24, 2.45) is 0 Å². The summed E-state index contributed by atoms with van der Waals surface area (Å²) < 4.78 is 42.7. The summed E-state index contributed by atoms with van der Waals surface area (Å²) in [5, 5.41) is 20.3. The number of aromatic nitrogens is 3. The van der Waals surface area contributed by atoms with E-state index in [1.165, 1.54) is 24.3 Å². The van der Waals surface area contributed by atoms with E-state index in [0.29, 0.717) is 16.7 Å². The maximum atomic E-state index is 12.9. The van der Waals surface area contributed by atoms with Crippen molar-refractivity contribution in [1.82, 2.24) is 20.1 Å². The molecule has 0 aliphatic rings. The van der Waals surface area contributed by atoms with Gasteiger partial charge in [-0.2, -0.15) is 9.67 Å². The third-order valence-electron chi connectivity index (χ3n) is 5.42. The van der Waals surface area contributed by atoms with Gasteiger partial charge in [0, 0.05) is 17.7 Å². The second-order valence-corrected chi connectivity index (χ2v) is 8.29. The number of nitrogens with one attached hydrogen (secondary N) is 3. The molecule has 14 heteroatoms. The Bertz CT molecular complexity index is 1540. The Balaban J connectivity index is 1.59. The minimum atomic E-state index is -4.87. The van der Waals surface area contributed by atoms with E-state index in [1.807, 2.05) is 0 Å². The number of aryl methyl sites for hydroxylation is 1. The lowest BCUT2D eigenvalue weighted by Crippen LogP contribution is -2.20. The number of carbonyl (C=O) groups is 3. The Morgan fingerprint density at radius 1 is 0.925 bits per heavy atom. The summed E-state index contributed by atoms with van der Waals surface area (Å²) in [6, 6.07) is 17.6. The number of rotatable bonds is 8. The second-order valence-electron chi connectivity index (χ2n) is 8.29. The average molecular weight is 554 g/mol. The summed E-state index contributed by atoms with van der Waals surface area (Å²) >= 11 is 0. The minimum Gasteiger partial charge on any atom is -0.465 e. The molecule has 0 fully saturated rings. The van der Waals surface area contributed by atoms with E-state index in [9.17, 15) is 27.6 Å². The summed E-state index contributed by atoms with van der Waals surface area (Å²) in [6.45, 7) is 1.80. The van der Waals surface area contributed by atoms with Crippen LogP contribution in [0, 0.1) is 6.92 Å². The van der Waals surface area contributed by atoms with Crippen LogP contribution >= 0.6 is 0 Å². The van der Waals surface area contributed by atoms with Crippen LogP contribution in [-0.4, -0.2) is 44.1 Å². The van der Waals surface area contributed by atoms with Crippen molar-refractivity contribution in [2.45, 2.75) is 19.8 Å². The number of alkyl halides is 3. The molecule has 3 aromatic carbocycles. The third kappa shape index (κ3) is 7.12. The fourth-order valence-electron chi connectivity index (χ4n) is 3.54. The van der Waals surface area contributed by atoms with Crippen molar-refractivity contribution in [2.75, 3.05) is 10.6 Å². The Morgan fingerprint density at radius 2 is 1.60 bits per heavy atom. The zero-order valence-corrected chi connectivity index (χ0v) is 20.7. The van der Waals surface area contributed by atoms with Crippen LogP contribution in [0.3, 0.4) is 0 Å². The molecule has 0 saturated carbocycles. The molecule has 1 aromatic heterocycles. The summed E-state index contributed by atoms with van der Waals surface area (Å²) in [6.07, 6.45) is -6.06. The van der Waals surface area contributed by atoms with E-state index < -0.39 is 30.0 Å². The molecular formula is C26H21F3N6O5. The van der Waals surface area contributed by atoms with Crippen LogP contribution in [0.15, 0.2) is 72.8 Å². The molecule has 4 N–H and O–H groups in total. The number of halogens is 3. The first-order chi connectivity index (χ1) is 19.0. The van der Waals surface area contributed by atoms with E-state index >= 15 is 0 Å². The maximum Gasteiger partial charge on any atom is 0.573 e. The molecule has 11 nitrogen and oxygen atoms in total. The van der Waals surface area contributed by atoms with Crippen molar-refractivity contribution < 1.29 is 37.4 Å². The van der Waals surface area contributed by atoms with Crippen molar-refractivity contribution in [3.63, 3.8) is 0 Å². The molecular weight excluding hydrogens is 533 g/mol. The molecule has 4 aromatic rings. The zero-order valence-electron chi connectivity index (χ0n) is 20.7. The molecule has 0 aliphatic heterocycles. The van der Waals surface area contributed by atoms with Crippen LogP contribution in [0.25, 0.3) is 5.69 Å². The number of carboxylic acid groups (broad SMARTS) is 1. The first kappa shape index (κ1) is 27.6. The van der Waals surface area contributed by atoms with E-state index in [2.05, 4.69) is 30.8 Å². The van der Waals surface area contributed by atoms with Crippen molar-refractivity contribution in [3.8, 4) is 11.4 Å². The van der Waals surface area contributed by atoms with Crippen LogP contribution < -0.4 is 20.7 Å². The highest BCUT2D eigenvalue weighted by atomic mass is 19.4. The van der Waals surface area contributed by atoms with Crippen molar-refractivity contribution >= 4 is 29.8 Å². The first-order valence-corrected chi connectivity index (χ1v) is 11.6. The lowest BCUT2D eigenvalue weighted by molar-refractivity contribution is -0.274. The molecule has 0 bridgehead atoms. The highest BCUT2D eigenvalue weighted by molar-refractivity contribution is 6.05. The number of hydrogen-bond donors (Lipinski definition) is 4. The van der Waals surface area contributed by atoms with Crippen LogP contribution in [0.4, 0.5) is 29.9 Å². The Kier molecular flexibility index (Phi) is 7.98. The largest absolute Gasteiger partial charge is 0.573 e. The second kappa shape index (κ2) is 11.6. The average Bonchev–Trinajstić information content (AvgIpc) is 3.29. The number of nitrogens with zero attached hydrogens (tertiary/aromatic N) is 3. The predicted molar refractivity (Wildman–Crippen MR) is 136 cm³/mol.